The molecule has 1 amide bonds. The summed E-state index contributed by atoms with van der Waals surface area (Å²) in [6.45, 7) is 4.40. The molecule has 0 aliphatic heterocycles. The summed E-state index contributed by atoms with van der Waals surface area (Å²) in [5.74, 6) is 0.419. The van der Waals surface area contributed by atoms with E-state index in [2.05, 4.69) is 28.9 Å². The van der Waals surface area contributed by atoms with Gasteiger partial charge in [0, 0.05) is 19.2 Å². The second-order valence-electron chi connectivity index (χ2n) is 5.92. The van der Waals surface area contributed by atoms with Crippen molar-refractivity contribution in [2.45, 2.75) is 26.6 Å². The highest BCUT2D eigenvalue weighted by molar-refractivity contribution is 5.91. The largest absolute Gasteiger partial charge is 0.327 e. The van der Waals surface area contributed by atoms with Crippen LogP contribution in [0.15, 0.2) is 54.6 Å². The van der Waals surface area contributed by atoms with Gasteiger partial charge in [-0.1, -0.05) is 36.4 Å². The molecule has 3 aromatic rings. The molecule has 3 rings (SSSR count). The maximum Gasteiger partial charge on any atom is 0.267 e. The lowest BCUT2D eigenvalue weighted by Gasteiger charge is -2.07. The number of rotatable bonds is 7. The van der Waals surface area contributed by atoms with Crippen molar-refractivity contribution in [1.29, 1.82) is 0 Å². The number of nitrogens with one attached hydrogen (secondary N) is 2. The molecular weight excluding hydrogens is 328 g/mol. The second kappa shape index (κ2) is 8.42. The molecule has 1 heterocycles. The maximum atomic E-state index is 11.1. The zero-order valence-corrected chi connectivity index (χ0v) is 14.6. The Morgan fingerprint density at radius 2 is 2.00 bits per heavy atom. The number of aryl methyl sites for hydroxylation is 1. The molecule has 26 heavy (non-hydrogen) atoms. The molecular formula is C20H22N4O2. The Hall–Kier alpha value is -2.96. The fourth-order valence-corrected chi connectivity index (χ4v) is 2.91. The van der Waals surface area contributed by atoms with E-state index in [9.17, 15) is 4.79 Å². The lowest BCUT2D eigenvalue weighted by Crippen LogP contribution is -2.16. The summed E-state index contributed by atoms with van der Waals surface area (Å²) in [5.41, 5.74) is 5.61. The number of benzene rings is 2. The van der Waals surface area contributed by atoms with Crippen LogP contribution in [0.25, 0.3) is 17.1 Å². The van der Waals surface area contributed by atoms with Gasteiger partial charge in [0.2, 0.25) is 0 Å². The minimum atomic E-state index is -0.560. The van der Waals surface area contributed by atoms with Crippen molar-refractivity contribution < 1.29 is 10.0 Å². The Kier molecular flexibility index (Phi) is 5.78. The van der Waals surface area contributed by atoms with Crippen LogP contribution in [0.2, 0.25) is 0 Å². The van der Waals surface area contributed by atoms with Gasteiger partial charge in [-0.25, -0.2) is 10.5 Å². The number of nitrogens with zero attached hydrogens (tertiary/aromatic N) is 2. The molecule has 6 heteroatoms. The second-order valence-corrected chi connectivity index (χ2v) is 5.92. The van der Waals surface area contributed by atoms with Crippen molar-refractivity contribution in [3.05, 3.63) is 71.6 Å². The van der Waals surface area contributed by atoms with Crippen molar-refractivity contribution in [3.8, 4) is 0 Å². The molecule has 0 unspecified atom stereocenters. The van der Waals surface area contributed by atoms with Gasteiger partial charge < -0.3 is 9.88 Å². The van der Waals surface area contributed by atoms with E-state index >= 15 is 0 Å². The van der Waals surface area contributed by atoms with Crippen molar-refractivity contribution in [3.63, 3.8) is 0 Å². The van der Waals surface area contributed by atoms with Crippen LogP contribution in [-0.2, 0) is 24.4 Å². The number of imidazole rings is 1. The standard InChI is InChI=1S/C20H22N4O2/c1-2-24-18-10-8-15(9-11-20(25)23-26)12-17(18)22-19(24)14-21-13-16-6-4-3-5-7-16/h3-12,21,26H,2,13-14H2,1H3,(H,23,25). The fourth-order valence-electron chi connectivity index (χ4n) is 2.91. The van der Waals surface area contributed by atoms with Crippen LogP contribution in [0.5, 0.6) is 0 Å². The quantitative estimate of drug-likeness (QED) is 0.348. The fraction of sp³-hybridized carbons (Fsp3) is 0.200. The van der Waals surface area contributed by atoms with E-state index in [-0.39, 0.29) is 0 Å². The normalized spacial score (nSPS) is 11.3. The Bertz CT molecular complexity index is 916. The van der Waals surface area contributed by atoms with E-state index < -0.39 is 5.91 Å². The van der Waals surface area contributed by atoms with Crippen molar-refractivity contribution >= 4 is 23.0 Å². The Morgan fingerprint density at radius 1 is 1.19 bits per heavy atom. The SMILES string of the molecule is CCn1c(CNCc2ccccc2)nc2cc(C=CC(=O)NO)ccc21. The summed E-state index contributed by atoms with van der Waals surface area (Å²) in [6.07, 6.45) is 2.92. The Labute approximate surface area is 152 Å². The predicted octanol–water partition coefficient (Wildman–Crippen LogP) is 2.86. The molecule has 0 fully saturated rings. The first kappa shape index (κ1) is 17.8. The number of hydrogen-bond donors (Lipinski definition) is 3. The van der Waals surface area contributed by atoms with Crippen LogP contribution in [0.4, 0.5) is 0 Å². The van der Waals surface area contributed by atoms with Gasteiger partial charge in [0.05, 0.1) is 17.6 Å². The zero-order chi connectivity index (χ0) is 18.4. The third-order valence-electron chi connectivity index (χ3n) is 4.16. The molecule has 0 radical (unpaired) electrons. The highest BCUT2D eigenvalue weighted by Crippen LogP contribution is 2.19. The van der Waals surface area contributed by atoms with Crippen molar-refractivity contribution in [1.82, 2.24) is 20.3 Å². The van der Waals surface area contributed by atoms with Gasteiger partial charge in [-0.2, -0.15) is 0 Å². The van der Waals surface area contributed by atoms with Crippen LogP contribution in [0.1, 0.15) is 23.9 Å². The average molecular weight is 350 g/mol. The van der Waals surface area contributed by atoms with E-state index in [4.69, 9.17) is 10.2 Å². The van der Waals surface area contributed by atoms with Crippen LogP contribution in [0, 0.1) is 0 Å². The predicted molar refractivity (Wildman–Crippen MR) is 101 cm³/mol. The molecule has 0 saturated carbocycles. The minimum absolute atomic E-state index is 0.560. The van der Waals surface area contributed by atoms with Crippen LogP contribution < -0.4 is 10.8 Å². The smallest absolute Gasteiger partial charge is 0.267 e. The molecule has 0 aliphatic rings. The lowest BCUT2D eigenvalue weighted by molar-refractivity contribution is -0.124. The van der Waals surface area contributed by atoms with Gasteiger partial charge in [0.25, 0.3) is 5.91 Å². The molecule has 2 aromatic carbocycles. The molecule has 6 nitrogen and oxygen atoms in total. The maximum absolute atomic E-state index is 11.1. The van der Waals surface area contributed by atoms with Gasteiger partial charge in [0.1, 0.15) is 5.82 Å². The molecule has 0 spiro atoms. The van der Waals surface area contributed by atoms with Gasteiger partial charge in [-0.15, -0.1) is 0 Å². The zero-order valence-electron chi connectivity index (χ0n) is 14.6. The van der Waals surface area contributed by atoms with Crippen molar-refractivity contribution in [2.75, 3.05) is 0 Å². The molecule has 1 aromatic heterocycles. The number of fused-ring (bicyclic) bond motifs is 1. The highest BCUT2D eigenvalue weighted by Gasteiger charge is 2.09. The number of carbonyl (C=O) groups is 1. The van der Waals surface area contributed by atoms with Crippen LogP contribution >= 0.6 is 0 Å². The number of amides is 1. The molecule has 0 saturated heterocycles. The molecule has 3 N–H and O–H groups in total. The molecule has 0 bridgehead atoms. The van der Waals surface area contributed by atoms with E-state index in [0.29, 0.717) is 6.54 Å². The van der Waals surface area contributed by atoms with Crippen molar-refractivity contribution in [2.24, 2.45) is 0 Å². The first-order chi connectivity index (χ1) is 12.7. The lowest BCUT2D eigenvalue weighted by atomic mass is 10.2. The van der Waals surface area contributed by atoms with Gasteiger partial charge >= 0.3 is 0 Å². The van der Waals surface area contributed by atoms with E-state index in [0.717, 1.165) is 35.5 Å². The summed E-state index contributed by atoms with van der Waals surface area (Å²) >= 11 is 0. The van der Waals surface area contributed by atoms with E-state index in [1.165, 1.54) is 11.6 Å². The molecule has 0 aliphatic carbocycles. The molecule has 0 atom stereocenters. The number of carbonyl (C=O) groups excluding carboxylic acids is 1. The van der Waals surface area contributed by atoms with E-state index in [1.54, 1.807) is 11.6 Å². The van der Waals surface area contributed by atoms with Gasteiger partial charge in [0.15, 0.2) is 0 Å². The summed E-state index contributed by atoms with van der Waals surface area (Å²) in [4.78, 5) is 15.9. The van der Waals surface area contributed by atoms with Gasteiger partial charge in [-0.05, 0) is 36.3 Å². The molecule has 134 valence electrons. The third-order valence-corrected chi connectivity index (χ3v) is 4.16. The topological polar surface area (TPSA) is 79.2 Å². The average Bonchev–Trinajstić information content (AvgIpc) is 3.03. The van der Waals surface area contributed by atoms with Gasteiger partial charge in [-0.3, -0.25) is 10.0 Å². The van der Waals surface area contributed by atoms with Crippen LogP contribution in [-0.4, -0.2) is 20.7 Å². The first-order valence-electron chi connectivity index (χ1n) is 8.57. The third kappa shape index (κ3) is 4.17. The summed E-state index contributed by atoms with van der Waals surface area (Å²) in [7, 11) is 0. The number of aromatic nitrogens is 2. The number of hydroxylamine groups is 1. The first-order valence-corrected chi connectivity index (χ1v) is 8.57. The summed E-state index contributed by atoms with van der Waals surface area (Å²) in [6, 6.07) is 16.1. The summed E-state index contributed by atoms with van der Waals surface area (Å²) in [5, 5.41) is 12.0. The highest BCUT2D eigenvalue weighted by atomic mass is 16.5. The van der Waals surface area contributed by atoms with Crippen LogP contribution in [0.3, 0.4) is 0 Å². The Morgan fingerprint density at radius 3 is 2.73 bits per heavy atom. The summed E-state index contributed by atoms with van der Waals surface area (Å²) < 4.78 is 2.18. The minimum Gasteiger partial charge on any atom is -0.327 e. The monoisotopic (exact) mass is 350 g/mol. The number of hydrogen-bond acceptors (Lipinski definition) is 4. The Balaban J connectivity index is 1.77. The van der Waals surface area contributed by atoms with E-state index in [1.807, 2.05) is 36.4 Å².